The predicted octanol–water partition coefficient (Wildman–Crippen LogP) is 3.60. The summed E-state index contributed by atoms with van der Waals surface area (Å²) < 4.78 is 7.19. The molecule has 0 aromatic carbocycles. The van der Waals surface area contributed by atoms with E-state index in [-0.39, 0.29) is 11.5 Å². The van der Waals surface area contributed by atoms with Crippen molar-refractivity contribution in [1.82, 2.24) is 14.5 Å². The summed E-state index contributed by atoms with van der Waals surface area (Å²) in [4.78, 5) is 15.7. The molecule has 1 atom stereocenters. The standard InChI is InChI=1S/C18H15N3O3/c1-11-15(16(20-24-11)12-5-3-2-4-6-12)17-19-9-14-8-7-13(18(22)23)10-21(14)17/h2-5,7-10,12H,6H2,1H3,(H,22,23). The molecule has 0 aliphatic heterocycles. The van der Waals surface area contributed by atoms with Crippen LogP contribution in [0.15, 0.2) is 53.4 Å². The maximum atomic E-state index is 11.3. The molecule has 1 unspecified atom stereocenters. The Morgan fingerprint density at radius 1 is 1.38 bits per heavy atom. The fourth-order valence-electron chi connectivity index (χ4n) is 3.00. The van der Waals surface area contributed by atoms with Crippen molar-refractivity contribution in [3.8, 4) is 11.4 Å². The largest absolute Gasteiger partial charge is 0.478 e. The number of carbonyl (C=O) groups is 1. The molecule has 1 N–H and O–H groups in total. The van der Waals surface area contributed by atoms with Crippen LogP contribution >= 0.6 is 0 Å². The molecular formula is C18H15N3O3. The Kier molecular flexibility index (Phi) is 3.30. The van der Waals surface area contributed by atoms with Gasteiger partial charge in [-0.1, -0.05) is 29.5 Å². The molecule has 1 aliphatic rings. The van der Waals surface area contributed by atoms with Gasteiger partial charge in [-0.25, -0.2) is 9.78 Å². The van der Waals surface area contributed by atoms with Crippen LogP contribution in [0.25, 0.3) is 16.9 Å². The van der Waals surface area contributed by atoms with Crippen molar-refractivity contribution < 1.29 is 14.4 Å². The normalized spacial score (nSPS) is 16.8. The maximum Gasteiger partial charge on any atom is 0.337 e. The van der Waals surface area contributed by atoms with Gasteiger partial charge in [0.05, 0.1) is 22.8 Å². The fourth-order valence-corrected chi connectivity index (χ4v) is 3.00. The zero-order valence-corrected chi connectivity index (χ0v) is 13.0. The Bertz CT molecular complexity index is 994. The van der Waals surface area contributed by atoms with Crippen molar-refractivity contribution in [1.29, 1.82) is 0 Å². The number of carboxylic acids is 1. The second-order valence-electron chi connectivity index (χ2n) is 5.75. The Balaban J connectivity index is 1.90. The first-order chi connectivity index (χ1) is 11.6. The SMILES string of the molecule is Cc1onc(C2C=CC=CC2)c1-c1ncc2ccc(C(=O)O)cn12. The van der Waals surface area contributed by atoms with Crippen molar-refractivity contribution in [3.05, 3.63) is 65.8 Å². The number of aromatic carboxylic acids is 1. The minimum Gasteiger partial charge on any atom is -0.478 e. The molecule has 120 valence electrons. The van der Waals surface area contributed by atoms with Gasteiger partial charge in [-0.3, -0.25) is 4.40 Å². The highest BCUT2D eigenvalue weighted by atomic mass is 16.5. The average Bonchev–Trinajstić information content (AvgIpc) is 3.18. The van der Waals surface area contributed by atoms with E-state index in [1.807, 2.05) is 19.1 Å². The molecule has 3 aromatic rings. The molecule has 0 saturated carbocycles. The number of hydrogen-bond donors (Lipinski definition) is 1. The van der Waals surface area contributed by atoms with Crippen LogP contribution in [0.4, 0.5) is 0 Å². The van der Waals surface area contributed by atoms with Crippen molar-refractivity contribution >= 4 is 11.5 Å². The highest BCUT2D eigenvalue weighted by molar-refractivity contribution is 5.88. The Labute approximate surface area is 137 Å². The first-order valence-corrected chi connectivity index (χ1v) is 7.65. The van der Waals surface area contributed by atoms with E-state index >= 15 is 0 Å². The number of allylic oxidation sites excluding steroid dienone is 4. The summed E-state index contributed by atoms with van der Waals surface area (Å²) in [6, 6.07) is 3.31. The van der Waals surface area contributed by atoms with Crippen LogP contribution in [0.1, 0.15) is 34.2 Å². The number of aryl methyl sites for hydroxylation is 1. The Morgan fingerprint density at radius 3 is 3.00 bits per heavy atom. The molecule has 6 heteroatoms. The maximum absolute atomic E-state index is 11.3. The molecule has 24 heavy (non-hydrogen) atoms. The van der Waals surface area contributed by atoms with Gasteiger partial charge in [-0.15, -0.1) is 0 Å². The molecule has 0 spiro atoms. The molecule has 1 aliphatic carbocycles. The summed E-state index contributed by atoms with van der Waals surface area (Å²) >= 11 is 0. The fraction of sp³-hybridized carbons (Fsp3) is 0.167. The molecule has 3 aromatic heterocycles. The molecular weight excluding hydrogens is 306 g/mol. The van der Waals surface area contributed by atoms with E-state index in [4.69, 9.17) is 4.52 Å². The summed E-state index contributed by atoms with van der Waals surface area (Å²) in [5.41, 5.74) is 2.67. The van der Waals surface area contributed by atoms with Crippen LogP contribution in [-0.4, -0.2) is 25.6 Å². The van der Waals surface area contributed by atoms with Gasteiger partial charge in [0, 0.05) is 12.1 Å². The lowest BCUT2D eigenvalue weighted by Gasteiger charge is -2.11. The minimum atomic E-state index is -0.973. The Hall–Kier alpha value is -3.15. The molecule has 0 saturated heterocycles. The third-order valence-corrected chi connectivity index (χ3v) is 4.22. The lowest BCUT2D eigenvalue weighted by atomic mass is 9.93. The van der Waals surface area contributed by atoms with Gasteiger partial charge in [0.25, 0.3) is 0 Å². The zero-order valence-electron chi connectivity index (χ0n) is 13.0. The van der Waals surface area contributed by atoms with Crippen molar-refractivity contribution in [3.63, 3.8) is 0 Å². The monoisotopic (exact) mass is 321 g/mol. The number of nitrogens with zero attached hydrogens (tertiary/aromatic N) is 3. The highest BCUT2D eigenvalue weighted by Gasteiger charge is 2.24. The molecule has 6 nitrogen and oxygen atoms in total. The van der Waals surface area contributed by atoms with Gasteiger partial charge in [0.15, 0.2) is 0 Å². The van der Waals surface area contributed by atoms with Crippen molar-refractivity contribution in [2.45, 2.75) is 19.3 Å². The summed E-state index contributed by atoms with van der Waals surface area (Å²) in [6.07, 6.45) is 12.3. The summed E-state index contributed by atoms with van der Waals surface area (Å²) in [6.45, 7) is 1.84. The van der Waals surface area contributed by atoms with Crippen LogP contribution < -0.4 is 0 Å². The highest BCUT2D eigenvalue weighted by Crippen LogP contribution is 2.35. The van der Waals surface area contributed by atoms with E-state index in [1.54, 1.807) is 28.9 Å². The molecule has 3 heterocycles. The van der Waals surface area contributed by atoms with Crippen LogP contribution in [0.2, 0.25) is 0 Å². The first-order valence-electron chi connectivity index (χ1n) is 7.65. The summed E-state index contributed by atoms with van der Waals surface area (Å²) in [7, 11) is 0. The third-order valence-electron chi connectivity index (χ3n) is 4.22. The van der Waals surface area contributed by atoms with Gasteiger partial charge in [0.2, 0.25) is 0 Å². The summed E-state index contributed by atoms with van der Waals surface area (Å²) in [5.74, 6) is 0.461. The number of carboxylic acid groups (broad SMARTS) is 1. The van der Waals surface area contributed by atoms with Crippen LogP contribution in [-0.2, 0) is 0 Å². The van der Waals surface area contributed by atoms with Crippen LogP contribution in [0, 0.1) is 6.92 Å². The quantitative estimate of drug-likeness (QED) is 0.797. The number of fused-ring (bicyclic) bond motifs is 1. The molecule has 0 radical (unpaired) electrons. The van der Waals surface area contributed by atoms with E-state index in [2.05, 4.69) is 22.3 Å². The number of hydrogen-bond acceptors (Lipinski definition) is 4. The van der Waals surface area contributed by atoms with Crippen LogP contribution in [0.3, 0.4) is 0 Å². The van der Waals surface area contributed by atoms with E-state index in [9.17, 15) is 9.90 Å². The van der Waals surface area contributed by atoms with Crippen molar-refractivity contribution in [2.75, 3.05) is 0 Å². The molecule has 0 fully saturated rings. The predicted molar refractivity (Wildman–Crippen MR) is 88.0 cm³/mol. The van der Waals surface area contributed by atoms with Gasteiger partial charge in [0.1, 0.15) is 17.3 Å². The molecule has 4 rings (SSSR count). The number of rotatable bonds is 3. The molecule has 0 amide bonds. The van der Waals surface area contributed by atoms with Crippen LogP contribution in [0.5, 0.6) is 0 Å². The zero-order chi connectivity index (χ0) is 16.7. The van der Waals surface area contributed by atoms with E-state index in [0.717, 1.165) is 23.2 Å². The smallest absolute Gasteiger partial charge is 0.337 e. The van der Waals surface area contributed by atoms with E-state index in [0.29, 0.717) is 11.6 Å². The minimum absolute atomic E-state index is 0.123. The average molecular weight is 321 g/mol. The third kappa shape index (κ3) is 2.23. The number of aromatic nitrogens is 3. The Morgan fingerprint density at radius 2 is 2.25 bits per heavy atom. The second kappa shape index (κ2) is 5.49. The lowest BCUT2D eigenvalue weighted by molar-refractivity contribution is 0.0696. The van der Waals surface area contributed by atoms with E-state index in [1.165, 1.54) is 0 Å². The number of imidazole rings is 1. The van der Waals surface area contributed by atoms with Gasteiger partial charge in [-0.2, -0.15) is 0 Å². The summed E-state index contributed by atoms with van der Waals surface area (Å²) in [5, 5.41) is 13.5. The molecule has 0 bridgehead atoms. The first kappa shape index (κ1) is 14.4. The van der Waals surface area contributed by atoms with Gasteiger partial charge < -0.3 is 9.63 Å². The van der Waals surface area contributed by atoms with E-state index < -0.39 is 5.97 Å². The van der Waals surface area contributed by atoms with Gasteiger partial charge in [-0.05, 0) is 25.5 Å². The van der Waals surface area contributed by atoms with Crippen molar-refractivity contribution in [2.24, 2.45) is 0 Å². The lowest BCUT2D eigenvalue weighted by Crippen LogP contribution is -2.02. The number of pyridine rings is 1. The topological polar surface area (TPSA) is 80.6 Å². The second-order valence-corrected chi connectivity index (χ2v) is 5.75. The van der Waals surface area contributed by atoms with Gasteiger partial charge >= 0.3 is 5.97 Å².